The third kappa shape index (κ3) is 4.11. The number of benzene rings is 7. The van der Waals surface area contributed by atoms with E-state index in [0.29, 0.717) is 0 Å². The zero-order valence-electron chi connectivity index (χ0n) is 25.0. The first-order valence-corrected chi connectivity index (χ1v) is 15.5. The van der Waals surface area contributed by atoms with Crippen molar-refractivity contribution >= 4 is 43.6 Å². The second-order valence-electron chi connectivity index (χ2n) is 11.9. The van der Waals surface area contributed by atoms with Crippen LogP contribution in [-0.4, -0.2) is 9.55 Å². The van der Waals surface area contributed by atoms with Gasteiger partial charge in [0.2, 0.25) is 0 Å². The SMILES string of the molecule is Cc1cc(-c2ccccc2)cc2c1[nH]c1c(-c3ccc4c(c3)c3ccccc3n4-c3ccccc3)cc(-c3ccccc3)cc12. The van der Waals surface area contributed by atoms with E-state index in [-0.39, 0.29) is 0 Å². The zero-order valence-corrected chi connectivity index (χ0v) is 25.0. The zero-order chi connectivity index (χ0) is 29.9. The Kier molecular flexibility index (Phi) is 5.76. The Morgan fingerprint density at radius 3 is 1.67 bits per heavy atom. The number of H-pyrrole nitrogens is 1. The van der Waals surface area contributed by atoms with Gasteiger partial charge in [0.1, 0.15) is 0 Å². The molecule has 0 unspecified atom stereocenters. The molecule has 0 radical (unpaired) electrons. The predicted molar refractivity (Wildman–Crippen MR) is 191 cm³/mol. The lowest BCUT2D eigenvalue weighted by molar-refractivity contribution is 1.18. The molecule has 2 aromatic heterocycles. The number of aromatic amines is 1. The molecule has 1 N–H and O–H groups in total. The van der Waals surface area contributed by atoms with E-state index in [4.69, 9.17) is 0 Å². The first kappa shape index (κ1) is 25.6. The normalized spacial score (nSPS) is 11.7. The van der Waals surface area contributed by atoms with E-state index < -0.39 is 0 Å². The van der Waals surface area contributed by atoms with Crippen LogP contribution in [0.5, 0.6) is 0 Å². The van der Waals surface area contributed by atoms with E-state index in [0.717, 1.165) is 0 Å². The van der Waals surface area contributed by atoms with E-state index in [9.17, 15) is 0 Å². The number of fused-ring (bicyclic) bond motifs is 6. The van der Waals surface area contributed by atoms with Crippen LogP contribution in [-0.2, 0) is 0 Å². The van der Waals surface area contributed by atoms with Crippen molar-refractivity contribution in [3.63, 3.8) is 0 Å². The Morgan fingerprint density at radius 1 is 0.400 bits per heavy atom. The molecule has 212 valence electrons. The summed E-state index contributed by atoms with van der Waals surface area (Å²) in [6, 6.07) is 57.2. The number of rotatable bonds is 4. The van der Waals surface area contributed by atoms with Gasteiger partial charge in [-0.25, -0.2) is 0 Å². The smallest absolute Gasteiger partial charge is 0.0545 e. The second-order valence-corrected chi connectivity index (χ2v) is 11.9. The number of nitrogens with zero attached hydrogens (tertiary/aromatic N) is 1. The minimum Gasteiger partial charge on any atom is -0.354 e. The number of hydrogen-bond donors (Lipinski definition) is 1. The van der Waals surface area contributed by atoms with Crippen LogP contribution in [0, 0.1) is 6.92 Å². The first-order valence-electron chi connectivity index (χ1n) is 15.5. The maximum Gasteiger partial charge on any atom is 0.0545 e. The topological polar surface area (TPSA) is 20.7 Å². The van der Waals surface area contributed by atoms with Gasteiger partial charge in [-0.3, -0.25) is 0 Å². The van der Waals surface area contributed by atoms with Crippen molar-refractivity contribution in [2.45, 2.75) is 6.92 Å². The summed E-state index contributed by atoms with van der Waals surface area (Å²) in [5, 5.41) is 5.01. The Balaban J connectivity index is 1.34. The maximum atomic E-state index is 3.88. The first-order chi connectivity index (χ1) is 22.2. The molecule has 0 bridgehead atoms. The molecule has 0 saturated heterocycles. The molecule has 0 saturated carbocycles. The molecule has 0 aliphatic carbocycles. The number of para-hydroxylation sites is 2. The van der Waals surface area contributed by atoms with Crippen molar-refractivity contribution in [1.82, 2.24) is 9.55 Å². The minimum atomic E-state index is 1.17. The van der Waals surface area contributed by atoms with Crippen LogP contribution in [0.25, 0.3) is 82.7 Å². The summed E-state index contributed by atoms with van der Waals surface area (Å²) < 4.78 is 2.38. The largest absolute Gasteiger partial charge is 0.354 e. The fraction of sp³-hybridized carbons (Fsp3) is 0.0233. The molecular formula is C43H30N2. The van der Waals surface area contributed by atoms with E-state index in [1.165, 1.54) is 88.2 Å². The molecule has 45 heavy (non-hydrogen) atoms. The van der Waals surface area contributed by atoms with Crippen LogP contribution in [0.1, 0.15) is 5.56 Å². The van der Waals surface area contributed by atoms with Crippen LogP contribution in [0.3, 0.4) is 0 Å². The summed E-state index contributed by atoms with van der Waals surface area (Å²) in [7, 11) is 0. The van der Waals surface area contributed by atoms with Gasteiger partial charge in [-0.05, 0) is 94.9 Å². The van der Waals surface area contributed by atoms with Gasteiger partial charge in [0.05, 0.1) is 16.6 Å². The quantitative estimate of drug-likeness (QED) is 0.216. The molecule has 0 fully saturated rings. The van der Waals surface area contributed by atoms with Gasteiger partial charge in [-0.1, -0.05) is 103 Å². The van der Waals surface area contributed by atoms with Crippen molar-refractivity contribution in [2.24, 2.45) is 0 Å². The average molecular weight is 575 g/mol. The standard InChI is InChI=1S/C43H30N2/c1-28-23-32(29-13-5-2-6-14-29)26-38-39-27-33(30-15-7-3-8-16-30)25-36(43(39)44-42(28)38)31-21-22-41-37(24-31)35-19-11-12-20-40(35)45(41)34-17-9-4-10-18-34/h2-27,44H,1H3. The molecule has 2 heterocycles. The average Bonchev–Trinajstić information content (AvgIpc) is 3.65. The van der Waals surface area contributed by atoms with Gasteiger partial charge in [0.15, 0.2) is 0 Å². The summed E-state index contributed by atoms with van der Waals surface area (Å²) in [6.45, 7) is 2.21. The molecule has 9 aromatic rings. The van der Waals surface area contributed by atoms with Crippen LogP contribution in [0.2, 0.25) is 0 Å². The molecule has 2 heteroatoms. The summed E-state index contributed by atoms with van der Waals surface area (Å²) >= 11 is 0. The lowest BCUT2D eigenvalue weighted by Gasteiger charge is -2.11. The summed E-state index contributed by atoms with van der Waals surface area (Å²) in [5.41, 5.74) is 14.5. The number of nitrogens with one attached hydrogen (secondary N) is 1. The molecular weight excluding hydrogens is 544 g/mol. The predicted octanol–water partition coefficient (Wildman–Crippen LogP) is 11.7. The van der Waals surface area contributed by atoms with Crippen molar-refractivity contribution in [3.8, 4) is 39.1 Å². The van der Waals surface area contributed by atoms with Gasteiger partial charge in [-0.2, -0.15) is 0 Å². The third-order valence-corrected chi connectivity index (χ3v) is 9.23. The maximum absolute atomic E-state index is 3.88. The summed E-state index contributed by atoms with van der Waals surface area (Å²) in [4.78, 5) is 3.88. The van der Waals surface area contributed by atoms with Crippen molar-refractivity contribution < 1.29 is 0 Å². The molecule has 7 aromatic carbocycles. The van der Waals surface area contributed by atoms with E-state index >= 15 is 0 Å². The Hall–Kier alpha value is -5.86. The van der Waals surface area contributed by atoms with E-state index in [2.05, 4.69) is 174 Å². The second kappa shape index (κ2) is 10.1. The monoisotopic (exact) mass is 574 g/mol. The lowest BCUT2D eigenvalue weighted by Crippen LogP contribution is -1.92. The van der Waals surface area contributed by atoms with Crippen molar-refractivity contribution in [1.29, 1.82) is 0 Å². The molecule has 0 aliphatic rings. The van der Waals surface area contributed by atoms with E-state index in [1.54, 1.807) is 0 Å². The Labute approximate surface area is 261 Å². The highest BCUT2D eigenvalue weighted by Crippen LogP contribution is 2.42. The minimum absolute atomic E-state index is 1.17. The van der Waals surface area contributed by atoms with Crippen LogP contribution in [0.15, 0.2) is 158 Å². The highest BCUT2D eigenvalue weighted by atomic mass is 15.0. The molecule has 0 atom stereocenters. The fourth-order valence-electron chi connectivity index (χ4n) is 7.10. The highest BCUT2D eigenvalue weighted by Gasteiger charge is 2.18. The molecule has 9 rings (SSSR count). The van der Waals surface area contributed by atoms with Crippen molar-refractivity contribution in [3.05, 3.63) is 163 Å². The van der Waals surface area contributed by atoms with Crippen LogP contribution < -0.4 is 0 Å². The Bertz CT molecular complexity index is 2520. The van der Waals surface area contributed by atoms with E-state index in [1.807, 2.05) is 0 Å². The number of aromatic nitrogens is 2. The number of aryl methyl sites for hydroxylation is 1. The van der Waals surface area contributed by atoms with Crippen LogP contribution in [0.4, 0.5) is 0 Å². The number of hydrogen-bond acceptors (Lipinski definition) is 0. The van der Waals surface area contributed by atoms with Crippen molar-refractivity contribution in [2.75, 3.05) is 0 Å². The fourth-order valence-corrected chi connectivity index (χ4v) is 7.10. The van der Waals surface area contributed by atoms with Crippen LogP contribution >= 0.6 is 0 Å². The molecule has 0 aliphatic heterocycles. The highest BCUT2D eigenvalue weighted by molar-refractivity contribution is 6.16. The molecule has 0 spiro atoms. The van der Waals surface area contributed by atoms with Gasteiger partial charge in [-0.15, -0.1) is 0 Å². The molecule has 2 nitrogen and oxygen atoms in total. The lowest BCUT2D eigenvalue weighted by atomic mass is 9.94. The summed E-state index contributed by atoms with van der Waals surface area (Å²) in [5.74, 6) is 0. The Morgan fingerprint density at radius 2 is 0.956 bits per heavy atom. The third-order valence-electron chi connectivity index (χ3n) is 9.23. The van der Waals surface area contributed by atoms with Gasteiger partial charge in [0, 0.05) is 38.3 Å². The van der Waals surface area contributed by atoms with Gasteiger partial charge in [0.25, 0.3) is 0 Å². The summed E-state index contributed by atoms with van der Waals surface area (Å²) in [6.07, 6.45) is 0. The van der Waals surface area contributed by atoms with Gasteiger partial charge >= 0.3 is 0 Å². The molecule has 0 amide bonds. The van der Waals surface area contributed by atoms with Gasteiger partial charge < -0.3 is 9.55 Å².